The van der Waals surface area contributed by atoms with E-state index in [2.05, 4.69) is 26.3 Å². The van der Waals surface area contributed by atoms with Crippen molar-refractivity contribution < 1.29 is 43.3 Å². The Morgan fingerprint density at radius 3 is 2.41 bits per heavy atom. The van der Waals surface area contributed by atoms with Gasteiger partial charge in [0.2, 0.25) is 11.8 Å². The van der Waals surface area contributed by atoms with Crippen molar-refractivity contribution in [2.75, 3.05) is 18.5 Å². The third kappa shape index (κ3) is 9.05. The van der Waals surface area contributed by atoms with E-state index in [-0.39, 0.29) is 41.9 Å². The van der Waals surface area contributed by atoms with Gasteiger partial charge in [0.15, 0.2) is 6.61 Å². The Hall–Kier alpha value is -8.67. The van der Waals surface area contributed by atoms with E-state index in [0.29, 0.717) is 54.6 Å². The van der Waals surface area contributed by atoms with Crippen LogP contribution in [0.2, 0.25) is 0 Å². The quantitative estimate of drug-likeness (QED) is 0.0641. The standard InChI is InChI=1S/C48H41N9O9/c58-40-20-19-37(45(60)52-40)57-46(61)36-9-6-10-38(42(36)47(57)62)66-28-41(59)49-22-4-5-23-55-26-34(53-54-55)27-65-35-17-13-30(14-18-35)43-44(50-33-15-11-31(12-16-33)48(63)64)56-24-21-32(25-39(56)51-43)29-7-2-1-3-8-29/h1-3,6-18,21,24-26,37,50H,4-5,19-20,22-23,27-28H2,(H,49,59)(H,63,64)(H,52,58,60). The number of hydrogen-bond donors (Lipinski definition) is 4. The number of benzene rings is 4. The number of amides is 5. The number of aromatic carboxylic acids is 1. The number of pyridine rings is 1. The van der Waals surface area contributed by atoms with Gasteiger partial charge in [-0.15, -0.1) is 5.10 Å². The predicted octanol–water partition coefficient (Wildman–Crippen LogP) is 5.66. The lowest BCUT2D eigenvalue weighted by atomic mass is 10.0. The molecule has 5 amide bonds. The highest BCUT2D eigenvalue weighted by Gasteiger charge is 2.46. The third-order valence-electron chi connectivity index (χ3n) is 11.2. The molecule has 0 bridgehead atoms. The van der Waals surface area contributed by atoms with Crippen LogP contribution in [-0.4, -0.2) is 89.1 Å². The molecule has 18 heteroatoms. The lowest BCUT2D eigenvalue weighted by Gasteiger charge is -2.27. The zero-order valence-electron chi connectivity index (χ0n) is 35.2. The van der Waals surface area contributed by atoms with Gasteiger partial charge in [0.1, 0.15) is 47.0 Å². The summed E-state index contributed by atoms with van der Waals surface area (Å²) >= 11 is 0. The fourth-order valence-corrected chi connectivity index (χ4v) is 7.81. The molecule has 1 unspecified atom stereocenters. The zero-order valence-corrected chi connectivity index (χ0v) is 35.2. The zero-order chi connectivity index (χ0) is 45.7. The minimum Gasteiger partial charge on any atom is -0.487 e. The van der Waals surface area contributed by atoms with Gasteiger partial charge in [0, 0.05) is 37.0 Å². The van der Waals surface area contributed by atoms with Gasteiger partial charge < -0.3 is 25.2 Å². The molecule has 1 atom stereocenters. The summed E-state index contributed by atoms with van der Waals surface area (Å²) in [6.45, 7) is 0.699. The molecule has 2 aliphatic heterocycles. The molecule has 7 aromatic rings. The van der Waals surface area contributed by atoms with E-state index >= 15 is 0 Å². The molecule has 1 saturated heterocycles. The highest BCUT2D eigenvalue weighted by atomic mass is 16.5. The van der Waals surface area contributed by atoms with E-state index in [1.165, 1.54) is 18.2 Å². The van der Waals surface area contributed by atoms with E-state index in [1.54, 1.807) is 35.1 Å². The van der Waals surface area contributed by atoms with E-state index in [4.69, 9.17) is 14.5 Å². The topological polar surface area (TPSA) is 228 Å². The van der Waals surface area contributed by atoms with Crippen LogP contribution in [0.4, 0.5) is 11.5 Å². The Bertz CT molecular complexity index is 3000. The molecule has 1 fully saturated rings. The van der Waals surface area contributed by atoms with Crippen molar-refractivity contribution in [3.05, 3.63) is 144 Å². The Balaban J connectivity index is 0.753. The summed E-state index contributed by atoms with van der Waals surface area (Å²) in [5, 5.41) is 26.2. The molecule has 4 N–H and O–H groups in total. The van der Waals surface area contributed by atoms with Gasteiger partial charge in [-0.3, -0.25) is 43.3 Å². The number of nitrogens with one attached hydrogen (secondary N) is 3. The van der Waals surface area contributed by atoms with Gasteiger partial charge in [0.25, 0.3) is 17.7 Å². The van der Waals surface area contributed by atoms with Crippen LogP contribution < -0.4 is 25.4 Å². The number of unbranched alkanes of at least 4 members (excludes halogenated alkanes) is 1. The second kappa shape index (κ2) is 18.6. The molecule has 4 aromatic carbocycles. The van der Waals surface area contributed by atoms with Crippen LogP contribution in [0.25, 0.3) is 28.0 Å². The van der Waals surface area contributed by atoms with E-state index in [1.807, 2.05) is 77.3 Å². The van der Waals surface area contributed by atoms with Crippen molar-refractivity contribution in [2.45, 2.75) is 44.9 Å². The first kappa shape index (κ1) is 42.6. The van der Waals surface area contributed by atoms with Crippen molar-refractivity contribution in [1.29, 1.82) is 0 Å². The largest absolute Gasteiger partial charge is 0.487 e. The molecular weight excluding hydrogens is 847 g/mol. The summed E-state index contributed by atoms with van der Waals surface area (Å²) < 4.78 is 15.4. The third-order valence-corrected chi connectivity index (χ3v) is 11.2. The van der Waals surface area contributed by atoms with Crippen molar-refractivity contribution >= 4 is 52.7 Å². The number of piperidine rings is 1. The fourth-order valence-electron chi connectivity index (χ4n) is 7.81. The molecule has 0 saturated carbocycles. The Labute approximate surface area is 376 Å². The highest BCUT2D eigenvalue weighted by Crippen LogP contribution is 2.35. The van der Waals surface area contributed by atoms with Crippen LogP contribution in [-0.2, 0) is 27.5 Å². The van der Waals surface area contributed by atoms with Gasteiger partial charge >= 0.3 is 5.97 Å². The summed E-state index contributed by atoms with van der Waals surface area (Å²) in [5.74, 6) is -2.60. The van der Waals surface area contributed by atoms with Crippen LogP contribution in [0.1, 0.15) is 62.5 Å². The number of carbonyl (C=O) groups excluding carboxylic acids is 5. The fraction of sp³-hybridized carbons (Fsp3) is 0.188. The molecule has 332 valence electrons. The second-order valence-corrected chi connectivity index (χ2v) is 15.6. The van der Waals surface area contributed by atoms with Crippen molar-refractivity contribution in [3.8, 4) is 33.9 Å². The summed E-state index contributed by atoms with van der Waals surface area (Å²) in [5.41, 5.74) is 5.89. The molecule has 18 nitrogen and oxygen atoms in total. The van der Waals surface area contributed by atoms with Crippen molar-refractivity contribution in [1.82, 2.24) is 39.9 Å². The summed E-state index contributed by atoms with van der Waals surface area (Å²) in [6, 6.07) is 31.5. The number of imide groups is 2. The molecule has 2 aliphatic rings. The molecule has 66 heavy (non-hydrogen) atoms. The summed E-state index contributed by atoms with van der Waals surface area (Å²) in [6.07, 6.45) is 5.11. The number of aromatic nitrogens is 5. The van der Waals surface area contributed by atoms with Gasteiger partial charge in [-0.05, 0) is 103 Å². The first-order valence-electron chi connectivity index (χ1n) is 21.1. The maximum Gasteiger partial charge on any atom is 0.335 e. The lowest BCUT2D eigenvalue weighted by molar-refractivity contribution is -0.136. The number of anilines is 2. The van der Waals surface area contributed by atoms with Gasteiger partial charge in [-0.1, -0.05) is 41.6 Å². The van der Waals surface area contributed by atoms with E-state index in [9.17, 15) is 33.9 Å². The number of carbonyl (C=O) groups is 6. The molecule has 0 aliphatic carbocycles. The van der Waals surface area contributed by atoms with Crippen LogP contribution >= 0.6 is 0 Å². The lowest BCUT2D eigenvalue weighted by Crippen LogP contribution is -2.54. The smallest absolute Gasteiger partial charge is 0.335 e. The maximum absolute atomic E-state index is 13.3. The number of carboxylic acids is 1. The molecule has 3 aromatic heterocycles. The number of hydrogen-bond acceptors (Lipinski definition) is 12. The molecule has 5 heterocycles. The normalized spacial score (nSPS) is 14.5. The first-order valence-corrected chi connectivity index (χ1v) is 21.1. The average Bonchev–Trinajstić information content (AvgIpc) is 4.01. The molecular formula is C48H41N9O9. The number of aryl methyl sites for hydroxylation is 1. The summed E-state index contributed by atoms with van der Waals surface area (Å²) in [4.78, 5) is 80.3. The Morgan fingerprint density at radius 2 is 1.64 bits per heavy atom. The molecule has 0 radical (unpaired) electrons. The number of carboxylic acid groups (broad SMARTS) is 1. The monoisotopic (exact) mass is 887 g/mol. The van der Waals surface area contributed by atoms with Gasteiger partial charge in [-0.2, -0.15) is 0 Å². The maximum atomic E-state index is 13.3. The summed E-state index contributed by atoms with van der Waals surface area (Å²) in [7, 11) is 0. The molecule has 0 spiro atoms. The number of nitrogens with zero attached hydrogens (tertiary/aromatic N) is 6. The van der Waals surface area contributed by atoms with E-state index < -0.39 is 48.2 Å². The SMILES string of the molecule is O=C(COc1cccc2c1C(=O)N(C1CCC(=O)NC1=O)C2=O)NCCCCn1cc(COc2ccc(-c3nc4cc(-c5ccccc5)ccn4c3Nc3ccc(C(=O)O)cc3)cc2)nn1. The number of imidazole rings is 1. The number of fused-ring (bicyclic) bond motifs is 2. The second-order valence-electron chi connectivity index (χ2n) is 15.6. The average molecular weight is 888 g/mol. The van der Waals surface area contributed by atoms with Crippen molar-refractivity contribution in [3.63, 3.8) is 0 Å². The van der Waals surface area contributed by atoms with Crippen molar-refractivity contribution in [2.24, 2.45) is 0 Å². The minimum atomic E-state index is -1.11. The van der Waals surface area contributed by atoms with Crippen LogP contribution in [0, 0.1) is 0 Å². The van der Waals surface area contributed by atoms with Gasteiger partial charge in [-0.25, -0.2) is 9.78 Å². The van der Waals surface area contributed by atoms with Crippen LogP contribution in [0.15, 0.2) is 122 Å². The van der Waals surface area contributed by atoms with E-state index in [0.717, 1.165) is 27.2 Å². The molecule has 9 rings (SSSR count). The Morgan fingerprint density at radius 1 is 0.833 bits per heavy atom. The first-order chi connectivity index (χ1) is 32.1. The van der Waals surface area contributed by atoms with Crippen LogP contribution in [0.3, 0.4) is 0 Å². The predicted molar refractivity (Wildman–Crippen MR) is 238 cm³/mol. The highest BCUT2D eigenvalue weighted by molar-refractivity contribution is 6.24. The number of ether oxygens (including phenoxy) is 2. The van der Waals surface area contributed by atoms with Gasteiger partial charge in [0.05, 0.1) is 22.9 Å². The van der Waals surface area contributed by atoms with Crippen LogP contribution in [0.5, 0.6) is 11.5 Å². The number of rotatable bonds is 17. The Kier molecular flexibility index (Phi) is 12.0. The minimum absolute atomic E-state index is 0.00353.